The molecular formula is C21H29NO6. The second kappa shape index (κ2) is 7.81. The van der Waals surface area contributed by atoms with Crippen molar-refractivity contribution in [1.82, 2.24) is 4.90 Å². The van der Waals surface area contributed by atoms with Gasteiger partial charge in [0.2, 0.25) is 0 Å². The van der Waals surface area contributed by atoms with Gasteiger partial charge >= 0.3 is 18.2 Å². The lowest BCUT2D eigenvalue weighted by atomic mass is 10.2. The minimum absolute atomic E-state index is 0.0535. The lowest BCUT2D eigenvalue weighted by Gasteiger charge is -2.32. The molecule has 0 saturated heterocycles. The molecule has 1 aliphatic rings. The number of esters is 1. The fourth-order valence-electron chi connectivity index (χ4n) is 2.53. The fraction of sp³-hybridized carbons (Fsp3) is 0.571. The van der Waals surface area contributed by atoms with E-state index in [4.69, 9.17) is 14.2 Å². The first-order valence-corrected chi connectivity index (χ1v) is 9.31. The predicted molar refractivity (Wildman–Crippen MR) is 103 cm³/mol. The zero-order chi connectivity index (χ0) is 21.2. The largest absolute Gasteiger partial charge is 0.459 e. The summed E-state index contributed by atoms with van der Waals surface area (Å²) in [5, 5.41) is 0. The Hall–Kier alpha value is -2.57. The third-order valence-electron chi connectivity index (χ3n) is 3.90. The van der Waals surface area contributed by atoms with Crippen LogP contribution in [0.15, 0.2) is 30.3 Å². The highest BCUT2D eigenvalue weighted by atomic mass is 16.6. The monoisotopic (exact) mass is 391 g/mol. The summed E-state index contributed by atoms with van der Waals surface area (Å²) in [4.78, 5) is 39.1. The van der Waals surface area contributed by atoms with Crippen LogP contribution in [0.4, 0.5) is 9.59 Å². The molecule has 0 spiro atoms. The van der Waals surface area contributed by atoms with Crippen LogP contribution in [0, 0.1) is 0 Å². The summed E-state index contributed by atoms with van der Waals surface area (Å²) in [5.41, 5.74) is -2.24. The maximum Gasteiger partial charge on any atom is 0.420 e. The quantitative estimate of drug-likeness (QED) is 0.558. The molecule has 2 amide bonds. The van der Waals surface area contributed by atoms with E-state index in [-0.39, 0.29) is 6.61 Å². The fourth-order valence-corrected chi connectivity index (χ4v) is 2.53. The van der Waals surface area contributed by atoms with Gasteiger partial charge in [-0.15, -0.1) is 0 Å². The summed E-state index contributed by atoms with van der Waals surface area (Å²) in [6.07, 6.45) is -1.23. The Morgan fingerprint density at radius 2 is 1.36 bits per heavy atom. The van der Waals surface area contributed by atoms with Gasteiger partial charge in [0.1, 0.15) is 17.8 Å². The molecule has 0 unspecified atom stereocenters. The number of imide groups is 1. The number of hydrogen-bond donors (Lipinski definition) is 0. The van der Waals surface area contributed by atoms with Crippen LogP contribution in [0.25, 0.3) is 0 Å². The summed E-state index contributed by atoms with van der Waals surface area (Å²) < 4.78 is 16.1. The van der Waals surface area contributed by atoms with Crippen molar-refractivity contribution in [2.45, 2.75) is 77.7 Å². The van der Waals surface area contributed by atoms with Gasteiger partial charge in [-0.1, -0.05) is 30.3 Å². The molecule has 2 rings (SSSR count). The highest BCUT2D eigenvalue weighted by Crippen LogP contribution is 2.44. The van der Waals surface area contributed by atoms with Crippen molar-refractivity contribution in [2.24, 2.45) is 0 Å². The average Bonchev–Trinajstić information content (AvgIpc) is 3.31. The van der Waals surface area contributed by atoms with E-state index in [1.165, 1.54) is 0 Å². The topological polar surface area (TPSA) is 82.1 Å². The Balaban J connectivity index is 2.21. The predicted octanol–water partition coefficient (Wildman–Crippen LogP) is 4.43. The van der Waals surface area contributed by atoms with E-state index in [1.807, 2.05) is 30.3 Å². The zero-order valence-electron chi connectivity index (χ0n) is 17.4. The van der Waals surface area contributed by atoms with Crippen LogP contribution in [0.2, 0.25) is 0 Å². The van der Waals surface area contributed by atoms with E-state index < -0.39 is 34.9 Å². The highest BCUT2D eigenvalue weighted by molar-refractivity contribution is 5.98. The highest BCUT2D eigenvalue weighted by Gasteiger charge is 2.62. The SMILES string of the molecule is CC(C)(C)OC(=O)N(C(=O)OC(C)(C)C)C1(C(=O)OCc2ccccc2)CC1. The van der Waals surface area contributed by atoms with E-state index >= 15 is 0 Å². The number of hydrogen-bond acceptors (Lipinski definition) is 6. The van der Waals surface area contributed by atoms with E-state index in [0.29, 0.717) is 12.8 Å². The van der Waals surface area contributed by atoms with Gasteiger partial charge < -0.3 is 14.2 Å². The number of nitrogens with zero attached hydrogens (tertiary/aromatic N) is 1. The molecule has 0 atom stereocenters. The first-order valence-electron chi connectivity index (χ1n) is 9.31. The summed E-state index contributed by atoms with van der Waals surface area (Å²) in [7, 11) is 0. The molecule has 0 radical (unpaired) electrons. The Kier molecular flexibility index (Phi) is 6.06. The number of ether oxygens (including phenoxy) is 3. The molecule has 0 N–H and O–H groups in total. The maximum absolute atomic E-state index is 12.8. The minimum Gasteiger partial charge on any atom is -0.459 e. The van der Waals surface area contributed by atoms with Crippen LogP contribution in [-0.4, -0.2) is 39.8 Å². The lowest BCUT2D eigenvalue weighted by Crippen LogP contribution is -2.54. The van der Waals surface area contributed by atoms with E-state index in [0.717, 1.165) is 10.5 Å². The number of carbonyl (C=O) groups is 3. The van der Waals surface area contributed by atoms with Gasteiger partial charge in [-0.2, -0.15) is 4.90 Å². The molecule has 7 heteroatoms. The summed E-state index contributed by atoms with van der Waals surface area (Å²) in [5.74, 6) is -0.645. The van der Waals surface area contributed by atoms with E-state index in [1.54, 1.807) is 41.5 Å². The molecule has 1 saturated carbocycles. The van der Waals surface area contributed by atoms with Gasteiger partial charge in [-0.3, -0.25) is 0 Å². The van der Waals surface area contributed by atoms with Gasteiger partial charge in [0, 0.05) is 0 Å². The van der Waals surface area contributed by atoms with Crippen LogP contribution < -0.4 is 0 Å². The zero-order valence-corrected chi connectivity index (χ0v) is 17.4. The molecule has 7 nitrogen and oxygen atoms in total. The van der Waals surface area contributed by atoms with Crippen LogP contribution in [0.5, 0.6) is 0 Å². The Labute approximate surface area is 165 Å². The van der Waals surface area contributed by atoms with Crippen molar-refractivity contribution >= 4 is 18.2 Å². The van der Waals surface area contributed by atoms with Crippen molar-refractivity contribution in [3.63, 3.8) is 0 Å². The summed E-state index contributed by atoms with van der Waals surface area (Å²) in [6, 6.07) is 9.19. The van der Waals surface area contributed by atoms with E-state index in [9.17, 15) is 14.4 Å². The van der Waals surface area contributed by atoms with Crippen LogP contribution in [0.1, 0.15) is 59.9 Å². The summed E-state index contributed by atoms with van der Waals surface area (Å²) in [6.45, 7) is 10.2. The van der Waals surface area contributed by atoms with Crippen molar-refractivity contribution in [3.05, 3.63) is 35.9 Å². The molecule has 0 bridgehead atoms. The number of amides is 2. The van der Waals surface area contributed by atoms with Crippen molar-refractivity contribution in [2.75, 3.05) is 0 Å². The Morgan fingerprint density at radius 3 is 1.75 bits per heavy atom. The first-order chi connectivity index (χ1) is 12.8. The molecule has 0 aliphatic heterocycles. The van der Waals surface area contributed by atoms with Gasteiger partial charge in [-0.05, 0) is 59.9 Å². The molecule has 1 aromatic rings. The van der Waals surface area contributed by atoms with Gasteiger partial charge in [0.25, 0.3) is 0 Å². The Morgan fingerprint density at radius 1 is 0.893 bits per heavy atom. The number of carbonyl (C=O) groups excluding carboxylic acids is 3. The molecule has 1 fully saturated rings. The molecule has 154 valence electrons. The second-order valence-corrected chi connectivity index (χ2v) is 8.89. The van der Waals surface area contributed by atoms with Gasteiger partial charge in [0.15, 0.2) is 5.54 Å². The average molecular weight is 391 g/mol. The normalized spacial score (nSPS) is 15.4. The lowest BCUT2D eigenvalue weighted by molar-refractivity contribution is -0.153. The Bertz CT molecular complexity index is 698. The minimum atomic E-state index is -1.39. The standard InChI is InChI=1S/C21H29NO6/c1-19(2,3)27-17(24)22(18(25)28-20(4,5)6)21(12-13-21)16(23)26-14-15-10-8-7-9-11-15/h7-11H,12-14H2,1-6H3. The molecule has 0 aromatic heterocycles. The first kappa shape index (κ1) is 21.7. The maximum atomic E-state index is 12.8. The molecular weight excluding hydrogens is 362 g/mol. The van der Waals surface area contributed by atoms with Crippen molar-refractivity contribution < 1.29 is 28.6 Å². The van der Waals surface area contributed by atoms with Crippen molar-refractivity contribution in [1.29, 1.82) is 0 Å². The van der Waals surface area contributed by atoms with Crippen molar-refractivity contribution in [3.8, 4) is 0 Å². The van der Waals surface area contributed by atoms with E-state index in [2.05, 4.69) is 0 Å². The summed E-state index contributed by atoms with van der Waals surface area (Å²) >= 11 is 0. The molecule has 1 aliphatic carbocycles. The smallest absolute Gasteiger partial charge is 0.420 e. The van der Waals surface area contributed by atoms with Crippen LogP contribution >= 0.6 is 0 Å². The second-order valence-electron chi connectivity index (χ2n) is 8.89. The van der Waals surface area contributed by atoms with Crippen LogP contribution in [0.3, 0.4) is 0 Å². The molecule has 0 heterocycles. The van der Waals surface area contributed by atoms with Gasteiger partial charge in [0.05, 0.1) is 0 Å². The third-order valence-corrected chi connectivity index (χ3v) is 3.90. The molecule has 1 aromatic carbocycles. The molecule has 28 heavy (non-hydrogen) atoms. The number of benzene rings is 1. The van der Waals surface area contributed by atoms with Crippen LogP contribution in [-0.2, 0) is 25.6 Å². The van der Waals surface area contributed by atoms with Gasteiger partial charge in [-0.25, -0.2) is 14.4 Å². The number of rotatable bonds is 4. The third kappa shape index (κ3) is 5.71.